The van der Waals surface area contributed by atoms with E-state index in [9.17, 15) is 9.59 Å². The summed E-state index contributed by atoms with van der Waals surface area (Å²) in [6, 6.07) is 1.34. The molecule has 7 nitrogen and oxygen atoms in total. The number of carbonyl (C=O) groups excluding carboxylic acids is 1. The molecule has 0 saturated heterocycles. The van der Waals surface area contributed by atoms with Crippen molar-refractivity contribution in [3.05, 3.63) is 34.6 Å². The largest absolute Gasteiger partial charge is 0.483 e. The lowest BCUT2D eigenvalue weighted by molar-refractivity contribution is 0.0980. The van der Waals surface area contributed by atoms with Crippen LogP contribution in [0.4, 0.5) is 5.69 Å². The smallest absolute Gasteiger partial charge is 0.381 e. The van der Waals surface area contributed by atoms with Gasteiger partial charge < -0.3 is 24.9 Å². The van der Waals surface area contributed by atoms with Crippen LogP contribution in [0.2, 0.25) is 0 Å². The minimum atomic E-state index is -0.771. The maximum absolute atomic E-state index is 11.7. The predicted octanol–water partition coefficient (Wildman–Crippen LogP) is 1.74. The van der Waals surface area contributed by atoms with Crippen molar-refractivity contribution in [3.8, 4) is 5.75 Å². The van der Waals surface area contributed by atoms with Gasteiger partial charge >= 0.3 is 5.63 Å². The molecule has 3 N–H and O–H groups in total. The van der Waals surface area contributed by atoms with Gasteiger partial charge in [-0.3, -0.25) is 4.79 Å². The lowest BCUT2D eigenvalue weighted by Crippen LogP contribution is -2.17. The molecule has 1 rings (SSSR count). The quantitative estimate of drug-likeness (QED) is 0.583. The van der Waals surface area contributed by atoms with Crippen LogP contribution in [0.5, 0.6) is 5.75 Å². The molecule has 0 atom stereocenters. The van der Waals surface area contributed by atoms with Gasteiger partial charge in [0.05, 0.1) is 18.1 Å². The molecule has 0 aromatic carbocycles. The molecule has 0 amide bonds. The van der Waals surface area contributed by atoms with E-state index in [-0.39, 0.29) is 35.4 Å². The molecule has 0 saturated carbocycles. The van der Waals surface area contributed by atoms with Crippen LogP contribution in [0.15, 0.2) is 27.7 Å². The van der Waals surface area contributed by atoms with Gasteiger partial charge in [-0.05, 0) is 0 Å². The number of anilines is 1. The standard InChI is InChI=1S/C12H16N2O5.C2H6/c1-7(15)10-6-9(14-8(2)13)11(12(16)19-10)18-5-4-17-3;1-2/h6,14H,2,4-5,13H2,1,3H3;1-2H3. The highest BCUT2D eigenvalue weighted by atomic mass is 16.5. The number of methoxy groups -OCH3 is 1. The van der Waals surface area contributed by atoms with Crippen molar-refractivity contribution in [3.63, 3.8) is 0 Å². The Morgan fingerprint density at radius 1 is 1.43 bits per heavy atom. The summed E-state index contributed by atoms with van der Waals surface area (Å²) in [5, 5.41) is 2.64. The summed E-state index contributed by atoms with van der Waals surface area (Å²) in [6.07, 6.45) is 0. The van der Waals surface area contributed by atoms with Crippen molar-refractivity contribution in [2.45, 2.75) is 20.8 Å². The number of nitrogens with two attached hydrogens (primary N) is 1. The first-order chi connectivity index (χ1) is 9.95. The zero-order chi connectivity index (χ0) is 16.4. The lowest BCUT2D eigenvalue weighted by Gasteiger charge is -2.12. The number of hydrogen-bond acceptors (Lipinski definition) is 7. The Labute approximate surface area is 123 Å². The third kappa shape index (κ3) is 6.13. The Bertz CT molecular complexity index is 537. The van der Waals surface area contributed by atoms with Crippen molar-refractivity contribution >= 4 is 11.5 Å². The van der Waals surface area contributed by atoms with E-state index in [2.05, 4.69) is 11.9 Å². The second-order valence-electron chi connectivity index (χ2n) is 3.69. The van der Waals surface area contributed by atoms with Gasteiger partial charge in [0.1, 0.15) is 6.61 Å². The van der Waals surface area contributed by atoms with Crippen LogP contribution in [-0.2, 0) is 4.74 Å². The second kappa shape index (κ2) is 9.60. The first-order valence-electron chi connectivity index (χ1n) is 6.48. The lowest BCUT2D eigenvalue weighted by atomic mass is 10.2. The minimum Gasteiger partial charge on any atom is -0.483 e. The first-order valence-corrected chi connectivity index (χ1v) is 6.48. The molecular weight excluding hydrogens is 276 g/mol. The molecule has 0 aliphatic heterocycles. The van der Waals surface area contributed by atoms with Gasteiger partial charge in [0.15, 0.2) is 11.5 Å². The van der Waals surface area contributed by atoms with Gasteiger partial charge in [-0.15, -0.1) is 0 Å². The molecule has 0 fully saturated rings. The average molecular weight is 298 g/mol. The molecule has 0 radical (unpaired) electrons. The average Bonchev–Trinajstić information content (AvgIpc) is 2.43. The van der Waals surface area contributed by atoms with Gasteiger partial charge in [-0.1, -0.05) is 20.4 Å². The van der Waals surface area contributed by atoms with E-state index >= 15 is 0 Å². The number of ether oxygens (including phenoxy) is 2. The van der Waals surface area contributed by atoms with E-state index < -0.39 is 5.63 Å². The highest BCUT2D eigenvalue weighted by Crippen LogP contribution is 2.22. The molecule has 0 bridgehead atoms. The van der Waals surface area contributed by atoms with Gasteiger partial charge in [0.25, 0.3) is 0 Å². The Morgan fingerprint density at radius 3 is 2.52 bits per heavy atom. The Kier molecular flexibility index (Phi) is 8.55. The molecule has 0 aliphatic rings. The highest BCUT2D eigenvalue weighted by Gasteiger charge is 2.15. The number of nitrogens with one attached hydrogen (secondary N) is 1. The fraction of sp³-hybridized carbons (Fsp3) is 0.429. The second-order valence-corrected chi connectivity index (χ2v) is 3.69. The summed E-state index contributed by atoms with van der Waals surface area (Å²) < 4.78 is 14.9. The Morgan fingerprint density at radius 2 is 2.05 bits per heavy atom. The Balaban J connectivity index is 0.00000191. The monoisotopic (exact) mass is 298 g/mol. The third-order valence-electron chi connectivity index (χ3n) is 2.08. The molecule has 7 heteroatoms. The number of carbonyl (C=O) groups is 1. The molecule has 0 aliphatic carbocycles. The topological polar surface area (TPSA) is 104 Å². The number of hydrogen-bond donors (Lipinski definition) is 2. The normalized spacial score (nSPS) is 9.33. The minimum absolute atomic E-state index is 0.0753. The highest BCUT2D eigenvalue weighted by molar-refractivity contribution is 5.92. The fourth-order valence-electron chi connectivity index (χ4n) is 1.29. The molecule has 1 heterocycles. The van der Waals surface area contributed by atoms with Crippen LogP contribution in [0.3, 0.4) is 0 Å². The predicted molar refractivity (Wildman–Crippen MR) is 80.7 cm³/mol. The van der Waals surface area contributed by atoms with E-state index in [0.29, 0.717) is 6.61 Å². The van der Waals surface area contributed by atoms with Crippen molar-refractivity contribution in [2.75, 3.05) is 25.6 Å². The van der Waals surface area contributed by atoms with Crippen molar-refractivity contribution in [2.24, 2.45) is 5.73 Å². The van der Waals surface area contributed by atoms with Crippen molar-refractivity contribution in [1.82, 2.24) is 0 Å². The van der Waals surface area contributed by atoms with Gasteiger partial charge in [-0.25, -0.2) is 4.79 Å². The van der Waals surface area contributed by atoms with Crippen molar-refractivity contribution < 1.29 is 18.7 Å². The van der Waals surface area contributed by atoms with Gasteiger partial charge in [0, 0.05) is 20.1 Å². The van der Waals surface area contributed by atoms with Crippen molar-refractivity contribution in [1.29, 1.82) is 0 Å². The van der Waals surface area contributed by atoms with E-state index in [1.165, 1.54) is 20.1 Å². The molecular formula is C14H22N2O5. The molecule has 1 aromatic rings. The SMILES string of the molecule is C=C(N)Nc1cc(C(C)=O)oc(=O)c1OCCOC.CC. The number of rotatable bonds is 7. The van der Waals surface area contributed by atoms with Crippen LogP contribution < -0.4 is 21.4 Å². The summed E-state index contributed by atoms with van der Waals surface area (Å²) in [6.45, 7) is 9.21. The summed E-state index contributed by atoms with van der Waals surface area (Å²) in [5.74, 6) is -0.440. The maximum atomic E-state index is 11.7. The molecule has 1 aromatic heterocycles. The Hall–Kier alpha value is -2.28. The van der Waals surface area contributed by atoms with Crippen LogP contribution >= 0.6 is 0 Å². The third-order valence-corrected chi connectivity index (χ3v) is 2.08. The first kappa shape index (κ1) is 18.7. The van der Waals surface area contributed by atoms with Crippen LogP contribution in [-0.4, -0.2) is 26.1 Å². The van der Waals surface area contributed by atoms with Gasteiger partial charge in [-0.2, -0.15) is 0 Å². The van der Waals surface area contributed by atoms with Crippen LogP contribution in [0.1, 0.15) is 31.3 Å². The van der Waals surface area contributed by atoms with Crippen LogP contribution in [0, 0.1) is 0 Å². The summed E-state index contributed by atoms with van der Waals surface area (Å²) in [4.78, 5) is 23.0. The number of ketones is 1. The summed E-state index contributed by atoms with van der Waals surface area (Å²) >= 11 is 0. The molecule has 0 unspecified atom stereocenters. The van der Waals surface area contributed by atoms with Gasteiger partial charge in [0.2, 0.25) is 5.75 Å². The molecule has 0 spiro atoms. The zero-order valence-electron chi connectivity index (χ0n) is 12.8. The maximum Gasteiger partial charge on any atom is 0.381 e. The summed E-state index contributed by atoms with van der Waals surface area (Å²) in [5.41, 5.74) is 4.88. The molecule has 118 valence electrons. The van der Waals surface area contributed by atoms with E-state index in [1.54, 1.807) is 0 Å². The van der Waals surface area contributed by atoms with E-state index in [0.717, 1.165) is 0 Å². The van der Waals surface area contributed by atoms with Crippen LogP contribution in [0.25, 0.3) is 0 Å². The van der Waals surface area contributed by atoms with E-state index in [1.807, 2.05) is 13.8 Å². The zero-order valence-corrected chi connectivity index (χ0v) is 12.8. The fourth-order valence-corrected chi connectivity index (χ4v) is 1.29. The summed E-state index contributed by atoms with van der Waals surface area (Å²) in [7, 11) is 1.51. The molecule has 21 heavy (non-hydrogen) atoms. The van der Waals surface area contributed by atoms with E-state index in [4.69, 9.17) is 19.6 Å². The number of Topliss-reactive ketones (excluding diaryl/α,β-unsaturated/α-hetero) is 1.